The van der Waals surface area contributed by atoms with Crippen LogP contribution in [0.3, 0.4) is 0 Å². The Morgan fingerprint density at radius 1 is 0.788 bits per heavy atom. The van der Waals surface area contributed by atoms with Crippen molar-refractivity contribution in [3.05, 3.63) is 78.4 Å². The Bertz CT molecular complexity index is 1320. The molecule has 3 aromatic carbocycles. The minimum absolute atomic E-state index is 0.341. The maximum absolute atomic E-state index is 12.9. The zero-order valence-corrected chi connectivity index (χ0v) is 19.6. The van der Waals surface area contributed by atoms with Crippen molar-refractivity contribution in [1.29, 1.82) is 0 Å². The van der Waals surface area contributed by atoms with Crippen LogP contribution in [0.1, 0.15) is 5.56 Å². The molecule has 1 aromatic heterocycles. The summed E-state index contributed by atoms with van der Waals surface area (Å²) in [6, 6.07) is 23.6. The van der Waals surface area contributed by atoms with Crippen molar-refractivity contribution in [3.63, 3.8) is 0 Å². The van der Waals surface area contributed by atoms with Gasteiger partial charge in [0.15, 0.2) is 0 Å². The number of para-hydroxylation sites is 2. The van der Waals surface area contributed by atoms with Crippen LogP contribution in [0.25, 0.3) is 21.8 Å². The van der Waals surface area contributed by atoms with Crippen molar-refractivity contribution in [1.82, 2.24) is 13.8 Å². The lowest BCUT2D eigenvalue weighted by atomic mass is 10.2. The molecule has 0 saturated carbocycles. The molecule has 6 nitrogen and oxygen atoms in total. The van der Waals surface area contributed by atoms with E-state index in [9.17, 15) is 13.5 Å². The van der Waals surface area contributed by atoms with E-state index in [4.69, 9.17) is 0 Å². The van der Waals surface area contributed by atoms with Gasteiger partial charge in [0, 0.05) is 54.5 Å². The van der Waals surface area contributed by atoms with Gasteiger partial charge >= 0.3 is 0 Å². The molecule has 1 aliphatic heterocycles. The maximum Gasteiger partial charge on any atom is 0.243 e. The molecule has 1 aliphatic rings. The fourth-order valence-electron chi connectivity index (χ4n) is 4.78. The van der Waals surface area contributed by atoms with Crippen LogP contribution in [0.2, 0.25) is 0 Å². The number of sulfonamides is 1. The summed E-state index contributed by atoms with van der Waals surface area (Å²) in [5.74, 6) is 0. The molecule has 0 aliphatic carbocycles. The largest absolute Gasteiger partial charge is 0.390 e. The molecular weight excluding hydrogens is 434 g/mol. The summed E-state index contributed by atoms with van der Waals surface area (Å²) in [7, 11) is -3.48. The second-order valence-electron chi connectivity index (χ2n) is 8.82. The van der Waals surface area contributed by atoms with Crippen LogP contribution in [0, 0.1) is 6.92 Å². The SMILES string of the molecule is Cc1ccc(S(=O)(=O)N2CCN(C[C@@H](O)Cn3c4ccccc4c4ccccc43)CC2)cc1. The van der Waals surface area contributed by atoms with Crippen LogP contribution in [0.5, 0.6) is 0 Å². The van der Waals surface area contributed by atoms with Crippen LogP contribution in [0.15, 0.2) is 77.7 Å². The number of aliphatic hydroxyl groups excluding tert-OH is 1. The highest BCUT2D eigenvalue weighted by Crippen LogP contribution is 2.29. The summed E-state index contributed by atoms with van der Waals surface area (Å²) in [5.41, 5.74) is 3.27. The van der Waals surface area contributed by atoms with Gasteiger partial charge < -0.3 is 9.67 Å². The van der Waals surface area contributed by atoms with E-state index in [-0.39, 0.29) is 0 Å². The molecule has 0 amide bonds. The molecule has 2 heterocycles. The van der Waals surface area contributed by atoms with E-state index in [1.807, 2.05) is 43.3 Å². The fraction of sp³-hybridized carbons (Fsp3) is 0.308. The van der Waals surface area contributed by atoms with Crippen LogP contribution >= 0.6 is 0 Å². The van der Waals surface area contributed by atoms with E-state index >= 15 is 0 Å². The molecule has 0 unspecified atom stereocenters. The highest BCUT2D eigenvalue weighted by molar-refractivity contribution is 7.89. The molecule has 0 radical (unpaired) electrons. The van der Waals surface area contributed by atoms with E-state index in [0.29, 0.717) is 44.2 Å². The lowest BCUT2D eigenvalue weighted by molar-refractivity contribution is 0.0823. The molecular formula is C26H29N3O3S. The quantitative estimate of drug-likeness (QED) is 0.476. The number of fused-ring (bicyclic) bond motifs is 3. The summed E-state index contributed by atoms with van der Waals surface area (Å²) in [6.07, 6.45) is -0.551. The van der Waals surface area contributed by atoms with Crippen molar-refractivity contribution in [2.75, 3.05) is 32.7 Å². The predicted octanol–water partition coefficient (Wildman–Crippen LogP) is 3.47. The number of nitrogens with zero attached hydrogens (tertiary/aromatic N) is 3. The lowest BCUT2D eigenvalue weighted by Crippen LogP contribution is -2.50. The van der Waals surface area contributed by atoms with Gasteiger partial charge in [0.2, 0.25) is 10.0 Å². The summed E-state index contributed by atoms with van der Waals surface area (Å²) in [5, 5.41) is 13.3. The third-order valence-electron chi connectivity index (χ3n) is 6.53. The first-order valence-corrected chi connectivity index (χ1v) is 12.8. The number of β-amino-alcohol motifs (C(OH)–C–C–N with tert-alkyl or cyclic N) is 1. The average Bonchev–Trinajstić information content (AvgIpc) is 3.13. The van der Waals surface area contributed by atoms with Crippen molar-refractivity contribution in [2.45, 2.75) is 24.5 Å². The normalized spacial score (nSPS) is 17.0. The van der Waals surface area contributed by atoms with Gasteiger partial charge in [-0.15, -0.1) is 0 Å². The molecule has 1 fully saturated rings. The zero-order chi connectivity index (χ0) is 23.0. The molecule has 172 valence electrons. The Labute approximate surface area is 194 Å². The second-order valence-corrected chi connectivity index (χ2v) is 10.8. The first-order chi connectivity index (χ1) is 15.9. The molecule has 1 saturated heterocycles. The number of rotatable bonds is 6. The third-order valence-corrected chi connectivity index (χ3v) is 8.45. The van der Waals surface area contributed by atoms with E-state index in [1.165, 1.54) is 10.8 Å². The second kappa shape index (κ2) is 8.91. The van der Waals surface area contributed by atoms with Crippen LogP contribution in [-0.4, -0.2) is 66.1 Å². The van der Waals surface area contributed by atoms with Gasteiger partial charge in [0.05, 0.1) is 17.5 Å². The Morgan fingerprint density at radius 3 is 1.91 bits per heavy atom. The van der Waals surface area contributed by atoms with Crippen molar-refractivity contribution < 1.29 is 13.5 Å². The Kier molecular flexibility index (Phi) is 5.97. The van der Waals surface area contributed by atoms with E-state index < -0.39 is 16.1 Å². The van der Waals surface area contributed by atoms with E-state index in [0.717, 1.165) is 16.6 Å². The smallest absolute Gasteiger partial charge is 0.243 e. The summed E-state index contributed by atoms with van der Waals surface area (Å²) < 4.78 is 29.6. The summed E-state index contributed by atoms with van der Waals surface area (Å²) in [4.78, 5) is 2.49. The van der Waals surface area contributed by atoms with Gasteiger partial charge in [0.1, 0.15) is 0 Å². The minimum Gasteiger partial charge on any atom is -0.390 e. The summed E-state index contributed by atoms with van der Waals surface area (Å²) in [6.45, 7) is 5.02. The molecule has 4 aromatic rings. The van der Waals surface area contributed by atoms with Gasteiger partial charge in [-0.2, -0.15) is 4.31 Å². The highest BCUT2D eigenvalue weighted by Gasteiger charge is 2.29. The molecule has 0 bridgehead atoms. The summed E-state index contributed by atoms with van der Waals surface area (Å²) >= 11 is 0. The number of hydrogen-bond acceptors (Lipinski definition) is 4. The van der Waals surface area contributed by atoms with Crippen LogP contribution < -0.4 is 0 Å². The third kappa shape index (κ3) is 4.29. The number of aliphatic hydroxyl groups is 1. The van der Waals surface area contributed by atoms with Crippen LogP contribution in [-0.2, 0) is 16.6 Å². The lowest BCUT2D eigenvalue weighted by Gasteiger charge is -2.35. The first-order valence-electron chi connectivity index (χ1n) is 11.4. The minimum atomic E-state index is -3.48. The number of aryl methyl sites for hydroxylation is 1. The fourth-order valence-corrected chi connectivity index (χ4v) is 6.20. The zero-order valence-electron chi connectivity index (χ0n) is 18.8. The Balaban J connectivity index is 1.25. The van der Waals surface area contributed by atoms with Gasteiger partial charge in [-0.25, -0.2) is 8.42 Å². The Hall–Kier alpha value is -2.71. The molecule has 33 heavy (non-hydrogen) atoms. The van der Waals surface area contributed by atoms with E-state index in [1.54, 1.807) is 16.4 Å². The average molecular weight is 464 g/mol. The van der Waals surface area contributed by atoms with Gasteiger partial charge in [0.25, 0.3) is 0 Å². The van der Waals surface area contributed by atoms with Gasteiger partial charge in [-0.05, 0) is 31.2 Å². The highest BCUT2D eigenvalue weighted by atomic mass is 32.2. The molecule has 0 spiro atoms. The van der Waals surface area contributed by atoms with Gasteiger partial charge in [-0.3, -0.25) is 4.90 Å². The topological polar surface area (TPSA) is 65.8 Å². The maximum atomic E-state index is 12.9. The van der Waals surface area contributed by atoms with E-state index in [2.05, 4.69) is 33.7 Å². The monoisotopic (exact) mass is 463 g/mol. The number of aromatic nitrogens is 1. The number of piperazine rings is 1. The molecule has 7 heteroatoms. The van der Waals surface area contributed by atoms with Crippen LogP contribution in [0.4, 0.5) is 0 Å². The van der Waals surface area contributed by atoms with Crippen molar-refractivity contribution in [3.8, 4) is 0 Å². The predicted molar refractivity (Wildman–Crippen MR) is 132 cm³/mol. The molecule has 1 N–H and O–H groups in total. The number of benzene rings is 3. The number of hydrogen-bond donors (Lipinski definition) is 1. The van der Waals surface area contributed by atoms with Gasteiger partial charge in [-0.1, -0.05) is 54.1 Å². The molecule has 1 atom stereocenters. The van der Waals surface area contributed by atoms with Crippen molar-refractivity contribution in [2.24, 2.45) is 0 Å². The first kappa shape index (κ1) is 22.1. The van der Waals surface area contributed by atoms with Crippen molar-refractivity contribution >= 4 is 31.8 Å². The standard InChI is InChI=1S/C26H29N3O3S/c1-20-10-12-22(13-11-20)33(31,32)28-16-14-27(15-17-28)18-21(30)19-29-25-8-4-2-6-23(25)24-7-3-5-9-26(24)29/h2-13,21,30H,14-19H2,1H3/t21-/m1/s1. The molecule has 5 rings (SSSR count). The Morgan fingerprint density at radius 2 is 1.33 bits per heavy atom.